The first kappa shape index (κ1) is 16.2. The third kappa shape index (κ3) is 4.67. The van der Waals surface area contributed by atoms with E-state index in [2.05, 4.69) is 26.1 Å². The molecular weight excluding hydrogens is 272 g/mol. The second kappa shape index (κ2) is 6.73. The molecule has 2 nitrogen and oxygen atoms in total. The van der Waals surface area contributed by atoms with E-state index in [1.165, 1.54) is 12.1 Å². The Labute approximate surface area is 125 Å². The summed E-state index contributed by atoms with van der Waals surface area (Å²) in [6.45, 7) is 7.48. The lowest BCUT2D eigenvalue weighted by Gasteiger charge is -2.41. The van der Waals surface area contributed by atoms with E-state index in [1.54, 1.807) is 0 Å². The summed E-state index contributed by atoms with van der Waals surface area (Å²) in [6, 6.07) is 3.61. The van der Waals surface area contributed by atoms with Gasteiger partial charge in [0.2, 0.25) is 0 Å². The molecule has 0 aliphatic heterocycles. The SMILES string of the molecule is CCCNC1CCC(C)(C)CC1Oc1cc(F)cc(F)c1. The Morgan fingerprint density at radius 1 is 1.24 bits per heavy atom. The molecule has 0 saturated heterocycles. The zero-order valence-electron chi connectivity index (χ0n) is 13.1. The van der Waals surface area contributed by atoms with Gasteiger partial charge < -0.3 is 10.1 Å². The Balaban J connectivity index is 2.11. The van der Waals surface area contributed by atoms with Crippen LogP contribution in [-0.4, -0.2) is 18.7 Å². The van der Waals surface area contributed by atoms with Gasteiger partial charge in [-0.2, -0.15) is 0 Å². The molecule has 1 aliphatic carbocycles. The second-order valence-corrected chi connectivity index (χ2v) is 6.73. The van der Waals surface area contributed by atoms with Crippen molar-refractivity contribution in [1.29, 1.82) is 0 Å². The number of hydrogen-bond acceptors (Lipinski definition) is 2. The minimum absolute atomic E-state index is 0.0542. The van der Waals surface area contributed by atoms with Gasteiger partial charge in [-0.3, -0.25) is 0 Å². The number of hydrogen-bond donors (Lipinski definition) is 1. The van der Waals surface area contributed by atoms with Crippen LogP contribution >= 0.6 is 0 Å². The molecule has 1 aromatic carbocycles. The van der Waals surface area contributed by atoms with Crippen LogP contribution in [0.5, 0.6) is 5.75 Å². The van der Waals surface area contributed by atoms with Gasteiger partial charge in [0.05, 0.1) is 0 Å². The molecule has 118 valence electrons. The zero-order valence-corrected chi connectivity index (χ0v) is 13.1. The molecule has 2 rings (SSSR count). The Morgan fingerprint density at radius 3 is 2.52 bits per heavy atom. The molecule has 2 atom stereocenters. The largest absolute Gasteiger partial charge is 0.489 e. The summed E-state index contributed by atoms with van der Waals surface area (Å²) in [5, 5.41) is 3.50. The average Bonchev–Trinajstić information content (AvgIpc) is 2.36. The van der Waals surface area contributed by atoms with Crippen molar-refractivity contribution < 1.29 is 13.5 Å². The molecule has 0 bridgehead atoms. The van der Waals surface area contributed by atoms with Crippen LogP contribution in [0.25, 0.3) is 0 Å². The fourth-order valence-corrected chi connectivity index (χ4v) is 2.98. The highest BCUT2D eigenvalue weighted by molar-refractivity contribution is 5.24. The molecule has 0 spiro atoms. The Bertz CT molecular complexity index is 456. The van der Waals surface area contributed by atoms with Crippen molar-refractivity contribution in [1.82, 2.24) is 5.32 Å². The molecule has 0 radical (unpaired) electrons. The summed E-state index contributed by atoms with van der Waals surface area (Å²) in [6.07, 6.45) is 4.04. The van der Waals surface area contributed by atoms with Crippen molar-refractivity contribution in [2.45, 2.75) is 58.6 Å². The van der Waals surface area contributed by atoms with Crippen LogP contribution in [0.1, 0.15) is 46.5 Å². The second-order valence-electron chi connectivity index (χ2n) is 6.73. The van der Waals surface area contributed by atoms with E-state index < -0.39 is 11.6 Å². The Morgan fingerprint density at radius 2 is 1.90 bits per heavy atom. The third-order valence-electron chi connectivity index (χ3n) is 4.11. The van der Waals surface area contributed by atoms with Crippen molar-refractivity contribution >= 4 is 0 Å². The first-order chi connectivity index (χ1) is 9.89. The molecule has 1 N–H and O–H groups in total. The number of halogens is 2. The third-order valence-corrected chi connectivity index (χ3v) is 4.11. The van der Waals surface area contributed by atoms with E-state index in [4.69, 9.17) is 4.74 Å². The lowest BCUT2D eigenvalue weighted by molar-refractivity contribution is 0.0527. The fraction of sp³-hybridized carbons (Fsp3) is 0.647. The molecule has 1 fully saturated rings. The molecule has 2 unspecified atom stereocenters. The van der Waals surface area contributed by atoms with Gasteiger partial charge in [-0.05, 0) is 37.6 Å². The van der Waals surface area contributed by atoms with E-state index in [9.17, 15) is 8.78 Å². The van der Waals surface area contributed by atoms with E-state index in [1.807, 2.05) is 0 Å². The first-order valence-corrected chi connectivity index (χ1v) is 7.76. The van der Waals surface area contributed by atoms with Gasteiger partial charge in [-0.1, -0.05) is 20.8 Å². The zero-order chi connectivity index (χ0) is 15.5. The van der Waals surface area contributed by atoms with Gasteiger partial charge in [0, 0.05) is 24.2 Å². The predicted octanol–water partition coefficient (Wildman–Crippen LogP) is 4.29. The number of ether oxygens (including phenoxy) is 1. The van der Waals surface area contributed by atoms with Gasteiger partial charge in [-0.15, -0.1) is 0 Å². The summed E-state index contributed by atoms with van der Waals surface area (Å²) >= 11 is 0. The molecule has 21 heavy (non-hydrogen) atoms. The maximum atomic E-state index is 13.3. The summed E-state index contributed by atoms with van der Waals surface area (Å²) in [7, 11) is 0. The summed E-state index contributed by atoms with van der Waals surface area (Å²) in [5.74, 6) is -0.922. The quantitative estimate of drug-likeness (QED) is 0.875. The maximum Gasteiger partial charge on any atom is 0.129 e. The molecule has 4 heteroatoms. The highest BCUT2D eigenvalue weighted by Crippen LogP contribution is 2.37. The normalized spacial score (nSPS) is 24.8. The standard InChI is InChI=1S/C17H25F2NO/c1-4-7-20-15-5-6-17(2,3)11-16(15)21-14-9-12(18)8-13(19)10-14/h8-10,15-16,20H,4-7,11H2,1-3H3. The van der Waals surface area contributed by atoms with Crippen molar-refractivity contribution in [3.8, 4) is 5.75 Å². The van der Waals surface area contributed by atoms with Gasteiger partial charge in [0.25, 0.3) is 0 Å². The minimum atomic E-state index is -0.599. The van der Waals surface area contributed by atoms with Gasteiger partial charge in [-0.25, -0.2) is 8.78 Å². The van der Waals surface area contributed by atoms with E-state index >= 15 is 0 Å². The molecule has 1 aliphatic rings. The van der Waals surface area contributed by atoms with E-state index in [-0.39, 0.29) is 23.3 Å². The number of rotatable bonds is 5. The van der Waals surface area contributed by atoms with Crippen LogP contribution in [0.4, 0.5) is 8.78 Å². The Hall–Kier alpha value is -1.16. The predicted molar refractivity (Wildman–Crippen MR) is 80.5 cm³/mol. The summed E-state index contributed by atoms with van der Waals surface area (Å²) < 4.78 is 32.5. The van der Waals surface area contributed by atoms with Crippen molar-refractivity contribution in [3.05, 3.63) is 29.8 Å². The van der Waals surface area contributed by atoms with Crippen LogP contribution < -0.4 is 10.1 Å². The monoisotopic (exact) mass is 297 g/mol. The minimum Gasteiger partial charge on any atom is -0.489 e. The fourth-order valence-electron chi connectivity index (χ4n) is 2.98. The van der Waals surface area contributed by atoms with Crippen LogP contribution in [0.3, 0.4) is 0 Å². The first-order valence-electron chi connectivity index (χ1n) is 7.76. The van der Waals surface area contributed by atoms with E-state index in [0.29, 0.717) is 0 Å². The smallest absolute Gasteiger partial charge is 0.129 e. The molecule has 0 aromatic heterocycles. The molecule has 1 saturated carbocycles. The maximum absolute atomic E-state index is 13.3. The van der Waals surface area contributed by atoms with Gasteiger partial charge >= 0.3 is 0 Å². The molecule has 0 amide bonds. The molecule has 1 aromatic rings. The Kier molecular flexibility index (Phi) is 5.20. The van der Waals surface area contributed by atoms with E-state index in [0.717, 1.165) is 38.3 Å². The van der Waals surface area contributed by atoms with Crippen molar-refractivity contribution in [2.75, 3.05) is 6.54 Å². The van der Waals surface area contributed by atoms with Crippen LogP contribution in [0, 0.1) is 17.0 Å². The lowest BCUT2D eigenvalue weighted by Crippen LogP contribution is -2.49. The highest BCUT2D eigenvalue weighted by Gasteiger charge is 2.36. The highest BCUT2D eigenvalue weighted by atomic mass is 19.1. The molecular formula is C17H25F2NO. The average molecular weight is 297 g/mol. The number of nitrogens with one attached hydrogen (secondary N) is 1. The molecule has 0 heterocycles. The van der Waals surface area contributed by atoms with Crippen LogP contribution in [0.15, 0.2) is 18.2 Å². The van der Waals surface area contributed by atoms with Crippen LogP contribution in [-0.2, 0) is 0 Å². The lowest BCUT2D eigenvalue weighted by atomic mass is 9.74. The van der Waals surface area contributed by atoms with Crippen LogP contribution in [0.2, 0.25) is 0 Å². The van der Waals surface area contributed by atoms with Gasteiger partial charge in [0.1, 0.15) is 23.5 Å². The van der Waals surface area contributed by atoms with Crippen molar-refractivity contribution in [3.63, 3.8) is 0 Å². The topological polar surface area (TPSA) is 21.3 Å². The van der Waals surface area contributed by atoms with Gasteiger partial charge in [0.15, 0.2) is 0 Å². The van der Waals surface area contributed by atoms with Crippen molar-refractivity contribution in [2.24, 2.45) is 5.41 Å². The number of benzene rings is 1. The summed E-state index contributed by atoms with van der Waals surface area (Å²) in [5.41, 5.74) is 0.195. The summed E-state index contributed by atoms with van der Waals surface area (Å²) in [4.78, 5) is 0.